The first-order chi connectivity index (χ1) is 8.74. The van der Waals surface area contributed by atoms with E-state index in [0.29, 0.717) is 25.1 Å². The maximum absolute atomic E-state index is 12.3. The summed E-state index contributed by atoms with van der Waals surface area (Å²) < 4.78 is 0. The van der Waals surface area contributed by atoms with Crippen LogP contribution in [0.5, 0.6) is 0 Å². The van der Waals surface area contributed by atoms with Crippen molar-refractivity contribution in [2.24, 2.45) is 0 Å². The number of carbonyl (C=O) groups excluding carboxylic acids is 1. The number of anilines is 1. The van der Waals surface area contributed by atoms with Crippen molar-refractivity contribution in [1.82, 2.24) is 9.88 Å². The van der Waals surface area contributed by atoms with Crippen molar-refractivity contribution >= 4 is 11.6 Å². The molecule has 0 aliphatic heterocycles. The van der Waals surface area contributed by atoms with Crippen LogP contribution < -0.4 is 5.32 Å². The molecule has 0 saturated heterocycles. The van der Waals surface area contributed by atoms with Crippen LogP contribution in [-0.2, 0) is 0 Å². The zero-order valence-corrected chi connectivity index (χ0v) is 10.8. The Hall–Kier alpha value is -2.09. The summed E-state index contributed by atoms with van der Waals surface area (Å²) in [6, 6.07) is 3.84. The molecule has 0 aromatic carbocycles. The molecule has 0 aliphatic rings. The van der Waals surface area contributed by atoms with Crippen molar-refractivity contribution in [3.63, 3.8) is 0 Å². The molecule has 1 heterocycles. The Labute approximate surface area is 107 Å². The summed E-state index contributed by atoms with van der Waals surface area (Å²) in [5.74, 6) is -0.0863. The number of nitrogens with zero attached hydrogens (tertiary/aromatic N) is 3. The fourth-order valence-electron chi connectivity index (χ4n) is 1.67. The van der Waals surface area contributed by atoms with Gasteiger partial charge in [0.05, 0.1) is 23.7 Å². The highest BCUT2D eigenvalue weighted by Gasteiger charge is 2.17. The molecule has 1 amide bonds. The van der Waals surface area contributed by atoms with E-state index in [2.05, 4.69) is 16.4 Å². The second-order valence-electron chi connectivity index (χ2n) is 3.74. The summed E-state index contributed by atoms with van der Waals surface area (Å²) in [4.78, 5) is 18.0. The van der Waals surface area contributed by atoms with Gasteiger partial charge in [0.25, 0.3) is 5.91 Å². The number of nitrogens with one attached hydrogen (secondary N) is 1. The van der Waals surface area contributed by atoms with Crippen molar-refractivity contribution in [1.29, 1.82) is 5.26 Å². The van der Waals surface area contributed by atoms with Gasteiger partial charge in [-0.15, -0.1) is 0 Å². The molecule has 1 aromatic rings. The van der Waals surface area contributed by atoms with Crippen molar-refractivity contribution in [2.45, 2.75) is 20.3 Å². The van der Waals surface area contributed by atoms with Crippen LogP contribution in [0.15, 0.2) is 18.5 Å². The van der Waals surface area contributed by atoms with Crippen LogP contribution in [0.2, 0.25) is 0 Å². The molecule has 96 valence electrons. The lowest BCUT2D eigenvalue weighted by atomic mass is 10.2. The monoisotopic (exact) mass is 246 g/mol. The van der Waals surface area contributed by atoms with Gasteiger partial charge < -0.3 is 10.2 Å². The van der Waals surface area contributed by atoms with E-state index in [0.717, 1.165) is 12.2 Å². The zero-order valence-electron chi connectivity index (χ0n) is 10.8. The Morgan fingerprint density at radius 3 is 2.94 bits per heavy atom. The largest absolute Gasteiger partial charge is 0.385 e. The number of hydrogen-bond acceptors (Lipinski definition) is 4. The number of aromatic nitrogens is 1. The molecular formula is C13H18N4O. The van der Waals surface area contributed by atoms with Crippen LogP contribution >= 0.6 is 0 Å². The number of pyridine rings is 1. The van der Waals surface area contributed by atoms with Crippen LogP contribution in [-0.4, -0.2) is 35.4 Å². The van der Waals surface area contributed by atoms with E-state index < -0.39 is 0 Å². The van der Waals surface area contributed by atoms with Gasteiger partial charge in [-0.3, -0.25) is 9.78 Å². The third-order valence-corrected chi connectivity index (χ3v) is 2.58. The number of carbonyl (C=O) groups is 1. The molecule has 0 saturated carbocycles. The van der Waals surface area contributed by atoms with Gasteiger partial charge >= 0.3 is 0 Å². The van der Waals surface area contributed by atoms with E-state index in [1.165, 1.54) is 0 Å². The molecule has 0 fully saturated rings. The third kappa shape index (κ3) is 3.45. The van der Waals surface area contributed by atoms with E-state index in [1.807, 2.05) is 13.8 Å². The summed E-state index contributed by atoms with van der Waals surface area (Å²) in [6.45, 7) is 5.66. The second-order valence-corrected chi connectivity index (χ2v) is 3.74. The maximum atomic E-state index is 12.3. The molecule has 0 radical (unpaired) electrons. The Morgan fingerprint density at radius 1 is 1.56 bits per heavy atom. The molecule has 1 rings (SSSR count). The van der Waals surface area contributed by atoms with Crippen LogP contribution in [0.3, 0.4) is 0 Å². The van der Waals surface area contributed by atoms with Gasteiger partial charge in [-0.2, -0.15) is 5.26 Å². The summed E-state index contributed by atoms with van der Waals surface area (Å²) >= 11 is 0. The Balaban J connectivity index is 2.91. The van der Waals surface area contributed by atoms with E-state index in [-0.39, 0.29) is 5.91 Å². The third-order valence-electron chi connectivity index (χ3n) is 2.58. The smallest absolute Gasteiger partial charge is 0.257 e. The van der Waals surface area contributed by atoms with E-state index in [9.17, 15) is 4.79 Å². The summed E-state index contributed by atoms with van der Waals surface area (Å²) in [5, 5.41) is 11.7. The second kappa shape index (κ2) is 7.28. The van der Waals surface area contributed by atoms with Gasteiger partial charge in [-0.25, -0.2) is 0 Å². The molecule has 0 aliphatic carbocycles. The van der Waals surface area contributed by atoms with Gasteiger partial charge in [-0.1, -0.05) is 0 Å². The molecule has 0 spiro atoms. The van der Waals surface area contributed by atoms with Gasteiger partial charge in [0, 0.05) is 32.0 Å². The van der Waals surface area contributed by atoms with Crippen LogP contribution in [0.25, 0.3) is 0 Å². The Kier molecular flexibility index (Phi) is 5.65. The first-order valence-corrected chi connectivity index (χ1v) is 6.08. The molecular weight excluding hydrogens is 228 g/mol. The highest BCUT2D eigenvalue weighted by atomic mass is 16.2. The maximum Gasteiger partial charge on any atom is 0.257 e. The summed E-state index contributed by atoms with van der Waals surface area (Å²) in [7, 11) is 0. The average molecular weight is 246 g/mol. The molecule has 0 atom stereocenters. The molecule has 18 heavy (non-hydrogen) atoms. The summed E-state index contributed by atoms with van der Waals surface area (Å²) in [5.41, 5.74) is 1.34. The van der Waals surface area contributed by atoms with Gasteiger partial charge in [0.1, 0.15) is 0 Å². The SMILES string of the molecule is CCNc1ccncc1C(=O)N(CC)CCC#N. The molecule has 1 aromatic heterocycles. The number of nitriles is 1. The Morgan fingerprint density at radius 2 is 2.33 bits per heavy atom. The highest BCUT2D eigenvalue weighted by molar-refractivity contribution is 5.99. The first kappa shape index (κ1) is 14.0. The molecule has 5 heteroatoms. The van der Waals surface area contributed by atoms with Gasteiger partial charge in [0.2, 0.25) is 0 Å². The molecule has 5 nitrogen and oxygen atoms in total. The predicted octanol–water partition coefficient (Wildman–Crippen LogP) is 1.89. The predicted molar refractivity (Wildman–Crippen MR) is 70.2 cm³/mol. The standard InChI is InChI=1S/C13H18N4O/c1-3-16-12-6-8-15-10-11(12)13(18)17(4-2)9-5-7-14/h6,8,10H,3-5,9H2,1-2H3,(H,15,16). The zero-order chi connectivity index (χ0) is 13.4. The van der Waals surface area contributed by atoms with Crippen molar-refractivity contribution < 1.29 is 4.79 Å². The van der Waals surface area contributed by atoms with Gasteiger partial charge in [0.15, 0.2) is 0 Å². The minimum absolute atomic E-state index is 0.0863. The van der Waals surface area contributed by atoms with Crippen LogP contribution in [0.4, 0.5) is 5.69 Å². The highest BCUT2D eigenvalue weighted by Crippen LogP contribution is 2.15. The molecule has 0 unspecified atom stereocenters. The number of hydrogen-bond donors (Lipinski definition) is 1. The first-order valence-electron chi connectivity index (χ1n) is 6.08. The van der Waals surface area contributed by atoms with Crippen molar-refractivity contribution in [3.05, 3.63) is 24.0 Å². The topological polar surface area (TPSA) is 69.0 Å². The molecule has 0 bridgehead atoms. The lowest BCUT2D eigenvalue weighted by Crippen LogP contribution is -2.32. The van der Waals surface area contributed by atoms with Crippen molar-refractivity contribution in [3.8, 4) is 6.07 Å². The normalized spacial score (nSPS) is 9.61. The quantitative estimate of drug-likeness (QED) is 0.832. The number of rotatable bonds is 6. The minimum atomic E-state index is -0.0863. The lowest BCUT2D eigenvalue weighted by molar-refractivity contribution is 0.0768. The fraction of sp³-hybridized carbons (Fsp3) is 0.462. The minimum Gasteiger partial charge on any atom is -0.385 e. The molecule has 1 N–H and O–H groups in total. The lowest BCUT2D eigenvalue weighted by Gasteiger charge is -2.21. The van der Waals surface area contributed by atoms with E-state index in [1.54, 1.807) is 23.4 Å². The van der Waals surface area contributed by atoms with Crippen LogP contribution in [0.1, 0.15) is 30.6 Å². The van der Waals surface area contributed by atoms with E-state index in [4.69, 9.17) is 5.26 Å². The fourth-order valence-corrected chi connectivity index (χ4v) is 1.67. The van der Waals surface area contributed by atoms with Crippen molar-refractivity contribution in [2.75, 3.05) is 25.0 Å². The van der Waals surface area contributed by atoms with Gasteiger partial charge in [-0.05, 0) is 19.9 Å². The number of amides is 1. The summed E-state index contributed by atoms with van der Waals surface area (Å²) in [6.07, 6.45) is 3.56. The van der Waals surface area contributed by atoms with E-state index >= 15 is 0 Å². The Bertz CT molecular complexity index is 439. The van der Waals surface area contributed by atoms with Crippen LogP contribution in [0, 0.1) is 11.3 Å². The average Bonchev–Trinajstić information content (AvgIpc) is 2.40.